The van der Waals surface area contributed by atoms with Gasteiger partial charge in [0.1, 0.15) is 5.82 Å². The zero-order valence-corrected chi connectivity index (χ0v) is 15.6. The third-order valence-corrected chi connectivity index (χ3v) is 5.19. The van der Waals surface area contributed by atoms with Gasteiger partial charge < -0.3 is 4.57 Å². The lowest BCUT2D eigenvalue weighted by atomic mass is 10.1. The van der Waals surface area contributed by atoms with Crippen LogP contribution in [0, 0.1) is 13.8 Å². The van der Waals surface area contributed by atoms with E-state index in [4.69, 9.17) is 4.98 Å². The van der Waals surface area contributed by atoms with Crippen LogP contribution in [-0.4, -0.2) is 29.1 Å². The zero-order chi connectivity index (χ0) is 18.5. The van der Waals surface area contributed by atoms with Crippen LogP contribution in [0.15, 0.2) is 42.6 Å². The maximum absolute atomic E-state index is 4.93. The molecule has 2 aromatic carbocycles. The summed E-state index contributed by atoms with van der Waals surface area (Å²) in [6, 6.07) is 12.7. The van der Waals surface area contributed by atoms with E-state index in [-0.39, 0.29) is 0 Å². The van der Waals surface area contributed by atoms with E-state index in [1.165, 1.54) is 10.8 Å². The van der Waals surface area contributed by atoms with E-state index < -0.39 is 0 Å². The lowest BCUT2D eigenvalue weighted by molar-refractivity contribution is 0.752. The van der Waals surface area contributed by atoms with Crippen LogP contribution in [0.5, 0.6) is 0 Å². The second-order valence-electron chi connectivity index (χ2n) is 6.99. The molecule has 5 aromatic rings. The van der Waals surface area contributed by atoms with E-state index >= 15 is 0 Å². The van der Waals surface area contributed by atoms with Crippen LogP contribution >= 0.6 is 0 Å². The Morgan fingerprint density at radius 1 is 0.963 bits per heavy atom. The molecule has 0 aliphatic heterocycles. The molecule has 0 radical (unpaired) electrons. The van der Waals surface area contributed by atoms with Gasteiger partial charge in [-0.2, -0.15) is 5.10 Å². The van der Waals surface area contributed by atoms with Crippen LogP contribution < -0.4 is 0 Å². The molecule has 134 valence electrons. The van der Waals surface area contributed by atoms with Gasteiger partial charge in [0.05, 0.1) is 22.4 Å². The molecule has 6 nitrogen and oxygen atoms in total. The Hall–Kier alpha value is -3.28. The third-order valence-electron chi connectivity index (χ3n) is 5.19. The summed E-state index contributed by atoms with van der Waals surface area (Å²) in [7, 11) is 2.08. The van der Waals surface area contributed by atoms with Gasteiger partial charge in [0.2, 0.25) is 0 Å². The number of rotatable bonds is 3. The number of imidazole rings is 1. The van der Waals surface area contributed by atoms with Gasteiger partial charge in [0, 0.05) is 31.5 Å². The Balaban J connectivity index is 1.52. The Kier molecular flexibility index (Phi) is 3.47. The number of aromatic nitrogens is 6. The molecular weight excluding hydrogens is 336 g/mol. The second kappa shape index (κ2) is 5.87. The van der Waals surface area contributed by atoms with Crippen molar-refractivity contribution in [3.8, 4) is 0 Å². The van der Waals surface area contributed by atoms with Gasteiger partial charge in [-0.25, -0.2) is 14.5 Å². The van der Waals surface area contributed by atoms with Gasteiger partial charge in [-0.1, -0.05) is 30.3 Å². The first-order valence-electron chi connectivity index (χ1n) is 9.13. The number of aryl methyl sites for hydroxylation is 5. The molecule has 0 atom stereocenters. The molecule has 0 fully saturated rings. The maximum Gasteiger partial charge on any atom is 0.177 e. The first-order chi connectivity index (χ1) is 13.1. The topological polar surface area (TPSA) is 60.9 Å². The SMILES string of the molecule is Cc1ncc(C)n2nc(CCc3nc4c5ccccc5ccc4n3C)nc12. The van der Waals surface area contributed by atoms with Crippen LogP contribution in [-0.2, 0) is 19.9 Å². The van der Waals surface area contributed by atoms with Crippen LogP contribution in [0.1, 0.15) is 23.0 Å². The van der Waals surface area contributed by atoms with E-state index in [9.17, 15) is 0 Å². The molecule has 5 rings (SSSR count). The van der Waals surface area contributed by atoms with Gasteiger partial charge in [0.25, 0.3) is 0 Å². The van der Waals surface area contributed by atoms with Crippen molar-refractivity contribution in [3.63, 3.8) is 0 Å². The minimum absolute atomic E-state index is 0.746. The van der Waals surface area contributed by atoms with Crippen molar-refractivity contribution in [2.45, 2.75) is 26.7 Å². The number of hydrogen-bond acceptors (Lipinski definition) is 4. The largest absolute Gasteiger partial charge is 0.331 e. The first kappa shape index (κ1) is 15.9. The van der Waals surface area contributed by atoms with E-state index in [1.807, 2.05) is 24.6 Å². The predicted octanol–water partition coefficient (Wildman–Crippen LogP) is 3.57. The fourth-order valence-electron chi connectivity index (χ4n) is 3.67. The molecule has 0 saturated heterocycles. The molecule has 0 unspecified atom stereocenters. The molecule has 0 saturated carbocycles. The van der Waals surface area contributed by atoms with Crippen molar-refractivity contribution < 1.29 is 0 Å². The Bertz CT molecular complexity index is 1270. The average molecular weight is 356 g/mol. The van der Waals surface area contributed by atoms with E-state index in [2.05, 4.69) is 63.1 Å². The third kappa shape index (κ3) is 2.48. The van der Waals surface area contributed by atoms with Crippen molar-refractivity contribution in [2.24, 2.45) is 7.05 Å². The van der Waals surface area contributed by atoms with E-state index in [0.717, 1.165) is 52.6 Å². The normalized spacial score (nSPS) is 11.8. The molecule has 27 heavy (non-hydrogen) atoms. The fourth-order valence-corrected chi connectivity index (χ4v) is 3.67. The summed E-state index contributed by atoms with van der Waals surface area (Å²) >= 11 is 0. The summed E-state index contributed by atoms with van der Waals surface area (Å²) in [6.07, 6.45) is 3.37. The average Bonchev–Trinajstić information content (AvgIpc) is 3.26. The Morgan fingerprint density at radius 2 is 1.81 bits per heavy atom. The van der Waals surface area contributed by atoms with Crippen LogP contribution in [0.3, 0.4) is 0 Å². The standard InChI is InChI=1S/C21H20N6/c1-13-12-22-14(2)21-23-18(25-27(13)21)10-11-19-24-20-16-7-5-4-6-15(16)8-9-17(20)26(19)3/h4-9,12H,10-11H2,1-3H3. The number of hydrogen-bond donors (Lipinski definition) is 0. The summed E-state index contributed by atoms with van der Waals surface area (Å²) in [5.74, 6) is 1.87. The van der Waals surface area contributed by atoms with Gasteiger partial charge in [-0.15, -0.1) is 0 Å². The van der Waals surface area contributed by atoms with E-state index in [1.54, 1.807) is 0 Å². The van der Waals surface area contributed by atoms with Crippen molar-refractivity contribution in [2.75, 3.05) is 0 Å². The van der Waals surface area contributed by atoms with Crippen molar-refractivity contribution in [1.29, 1.82) is 0 Å². The summed E-state index contributed by atoms with van der Waals surface area (Å²) in [4.78, 5) is 14.0. The minimum Gasteiger partial charge on any atom is -0.331 e. The summed E-state index contributed by atoms with van der Waals surface area (Å²) in [5, 5.41) is 7.06. The Morgan fingerprint density at radius 3 is 2.67 bits per heavy atom. The molecular formula is C21H20N6. The number of fused-ring (bicyclic) bond motifs is 4. The van der Waals surface area contributed by atoms with Gasteiger partial charge in [0.15, 0.2) is 11.5 Å². The van der Waals surface area contributed by atoms with Crippen LogP contribution in [0.2, 0.25) is 0 Å². The molecule has 0 bridgehead atoms. The van der Waals surface area contributed by atoms with Gasteiger partial charge in [-0.3, -0.25) is 4.98 Å². The predicted molar refractivity (Wildman–Crippen MR) is 106 cm³/mol. The Labute approximate surface area is 156 Å². The van der Waals surface area contributed by atoms with Crippen LogP contribution in [0.4, 0.5) is 0 Å². The van der Waals surface area contributed by atoms with E-state index in [0.29, 0.717) is 0 Å². The minimum atomic E-state index is 0.746. The van der Waals surface area contributed by atoms with Crippen molar-refractivity contribution in [1.82, 2.24) is 29.1 Å². The quantitative estimate of drug-likeness (QED) is 0.496. The monoisotopic (exact) mass is 356 g/mol. The molecule has 0 spiro atoms. The van der Waals surface area contributed by atoms with Crippen LogP contribution in [0.25, 0.3) is 27.5 Å². The van der Waals surface area contributed by atoms with Crippen molar-refractivity contribution >= 4 is 27.5 Å². The van der Waals surface area contributed by atoms with Crippen molar-refractivity contribution in [3.05, 3.63) is 65.6 Å². The summed E-state index contributed by atoms with van der Waals surface area (Å²) < 4.78 is 4.05. The molecule has 3 heterocycles. The highest BCUT2D eigenvalue weighted by Crippen LogP contribution is 2.25. The molecule has 0 aliphatic carbocycles. The molecule has 0 aliphatic rings. The lowest BCUT2D eigenvalue weighted by Gasteiger charge is -2.01. The van der Waals surface area contributed by atoms with Gasteiger partial charge in [-0.05, 0) is 25.3 Å². The zero-order valence-electron chi connectivity index (χ0n) is 15.6. The first-order valence-corrected chi connectivity index (χ1v) is 9.13. The number of benzene rings is 2. The molecule has 3 aromatic heterocycles. The number of nitrogens with zero attached hydrogens (tertiary/aromatic N) is 6. The highest BCUT2D eigenvalue weighted by atomic mass is 15.3. The maximum atomic E-state index is 4.93. The highest BCUT2D eigenvalue weighted by Gasteiger charge is 2.13. The van der Waals surface area contributed by atoms with Gasteiger partial charge >= 0.3 is 0 Å². The molecule has 0 amide bonds. The second-order valence-corrected chi connectivity index (χ2v) is 6.99. The molecule has 0 N–H and O–H groups in total. The lowest BCUT2D eigenvalue weighted by Crippen LogP contribution is -2.02. The summed E-state index contributed by atoms with van der Waals surface area (Å²) in [5.41, 5.74) is 4.94. The summed E-state index contributed by atoms with van der Waals surface area (Å²) in [6.45, 7) is 3.96. The molecule has 6 heteroatoms. The smallest absolute Gasteiger partial charge is 0.177 e. The highest BCUT2D eigenvalue weighted by molar-refractivity contribution is 6.04. The fraction of sp³-hybridized carbons (Fsp3) is 0.238.